The molecule has 16 heavy (non-hydrogen) atoms. The van der Waals surface area contributed by atoms with Crippen molar-refractivity contribution in [2.75, 3.05) is 0 Å². The highest BCUT2D eigenvalue weighted by molar-refractivity contribution is 5.66. The molecule has 81 valence electrons. The number of ether oxygens (including phenoxy) is 1. The molecule has 1 heterocycles. The van der Waals surface area contributed by atoms with Gasteiger partial charge in [-0.2, -0.15) is 0 Å². The molecule has 1 aromatic carbocycles. The van der Waals surface area contributed by atoms with Gasteiger partial charge in [-0.1, -0.05) is 18.2 Å². The van der Waals surface area contributed by atoms with Crippen LogP contribution in [0.5, 0.6) is 5.75 Å². The molecule has 0 N–H and O–H groups in total. The Hall–Kier alpha value is -1.83. The molecule has 0 unspecified atom stereocenters. The van der Waals surface area contributed by atoms with Crippen LogP contribution in [0.1, 0.15) is 13.8 Å². The SMILES string of the molecule is CC(C)Oc1ccccc1-c1[c]cccn1. The predicted molar refractivity (Wildman–Crippen MR) is 64.3 cm³/mol. The summed E-state index contributed by atoms with van der Waals surface area (Å²) in [4.78, 5) is 4.28. The van der Waals surface area contributed by atoms with E-state index in [1.807, 2.05) is 50.2 Å². The Morgan fingerprint density at radius 1 is 1.19 bits per heavy atom. The monoisotopic (exact) mass is 212 g/mol. The van der Waals surface area contributed by atoms with Gasteiger partial charge in [0, 0.05) is 17.8 Å². The van der Waals surface area contributed by atoms with E-state index in [9.17, 15) is 0 Å². The second kappa shape index (κ2) is 4.79. The third kappa shape index (κ3) is 2.40. The van der Waals surface area contributed by atoms with Gasteiger partial charge in [-0.05, 0) is 32.0 Å². The van der Waals surface area contributed by atoms with E-state index in [1.54, 1.807) is 6.20 Å². The summed E-state index contributed by atoms with van der Waals surface area (Å²) in [6.45, 7) is 4.03. The Labute approximate surface area is 95.9 Å². The van der Waals surface area contributed by atoms with Crippen LogP contribution in [-0.2, 0) is 0 Å². The molecule has 2 aromatic rings. The molecule has 0 saturated heterocycles. The van der Waals surface area contributed by atoms with Crippen LogP contribution in [-0.4, -0.2) is 11.1 Å². The first kappa shape index (κ1) is 10.7. The van der Waals surface area contributed by atoms with Crippen molar-refractivity contribution in [3.8, 4) is 17.0 Å². The van der Waals surface area contributed by atoms with Gasteiger partial charge in [0.25, 0.3) is 0 Å². The van der Waals surface area contributed by atoms with Crippen LogP contribution in [0.15, 0.2) is 42.6 Å². The molecule has 0 spiro atoms. The maximum absolute atomic E-state index is 5.74. The fraction of sp³-hybridized carbons (Fsp3) is 0.214. The van der Waals surface area contributed by atoms with Crippen LogP contribution in [0.25, 0.3) is 11.3 Å². The fourth-order valence-electron chi connectivity index (χ4n) is 1.49. The lowest BCUT2D eigenvalue weighted by Gasteiger charge is -2.13. The van der Waals surface area contributed by atoms with Crippen LogP contribution >= 0.6 is 0 Å². The van der Waals surface area contributed by atoms with Crippen molar-refractivity contribution >= 4 is 0 Å². The smallest absolute Gasteiger partial charge is 0.129 e. The third-order valence-electron chi connectivity index (χ3n) is 2.11. The minimum atomic E-state index is 0.157. The summed E-state index contributed by atoms with van der Waals surface area (Å²) in [5.74, 6) is 0.854. The lowest BCUT2D eigenvalue weighted by atomic mass is 10.1. The van der Waals surface area contributed by atoms with Crippen LogP contribution in [0.4, 0.5) is 0 Å². The Kier molecular flexibility index (Phi) is 3.20. The van der Waals surface area contributed by atoms with Gasteiger partial charge in [-0.3, -0.25) is 4.98 Å². The summed E-state index contributed by atoms with van der Waals surface area (Å²) < 4.78 is 5.74. The molecule has 0 aliphatic rings. The summed E-state index contributed by atoms with van der Waals surface area (Å²) in [7, 11) is 0. The molecular weight excluding hydrogens is 198 g/mol. The van der Waals surface area contributed by atoms with Gasteiger partial charge in [0.1, 0.15) is 5.75 Å². The zero-order chi connectivity index (χ0) is 11.4. The van der Waals surface area contributed by atoms with E-state index in [0.29, 0.717) is 0 Å². The molecule has 0 saturated carbocycles. The number of nitrogens with zero attached hydrogens (tertiary/aromatic N) is 1. The van der Waals surface area contributed by atoms with Crippen LogP contribution < -0.4 is 4.74 Å². The number of aromatic nitrogens is 1. The zero-order valence-electron chi connectivity index (χ0n) is 9.47. The molecule has 2 heteroatoms. The minimum Gasteiger partial charge on any atom is -0.490 e. The number of hydrogen-bond acceptors (Lipinski definition) is 2. The Balaban J connectivity index is 2.41. The van der Waals surface area contributed by atoms with E-state index >= 15 is 0 Å². The maximum Gasteiger partial charge on any atom is 0.129 e. The van der Waals surface area contributed by atoms with E-state index in [2.05, 4.69) is 11.1 Å². The van der Waals surface area contributed by atoms with Gasteiger partial charge in [0.2, 0.25) is 0 Å². The molecule has 0 aliphatic heterocycles. The largest absolute Gasteiger partial charge is 0.490 e. The lowest BCUT2D eigenvalue weighted by molar-refractivity contribution is 0.243. The summed E-state index contributed by atoms with van der Waals surface area (Å²) >= 11 is 0. The highest BCUT2D eigenvalue weighted by Gasteiger charge is 2.07. The molecule has 2 nitrogen and oxygen atoms in total. The van der Waals surface area contributed by atoms with Gasteiger partial charge < -0.3 is 4.74 Å². The molecule has 1 radical (unpaired) electrons. The standard InChI is InChI=1S/C14H14NO/c1-11(2)16-14-9-4-3-7-12(14)13-8-5-6-10-15-13/h3-7,9-11H,1-2H3. The van der Waals surface area contributed by atoms with Crippen molar-refractivity contribution in [3.05, 3.63) is 48.7 Å². The highest BCUT2D eigenvalue weighted by Crippen LogP contribution is 2.28. The molecule has 2 rings (SSSR count). The Morgan fingerprint density at radius 2 is 2.00 bits per heavy atom. The van der Waals surface area contributed by atoms with Crippen LogP contribution in [0, 0.1) is 6.07 Å². The van der Waals surface area contributed by atoms with E-state index < -0.39 is 0 Å². The number of hydrogen-bond donors (Lipinski definition) is 0. The van der Waals surface area contributed by atoms with E-state index in [1.165, 1.54) is 0 Å². The quantitative estimate of drug-likeness (QED) is 0.778. The second-order valence-electron chi connectivity index (χ2n) is 3.79. The maximum atomic E-state index is 5.74. The predicted octanol–water partition coefficient (Wildman–Crippen LogP) is 3.34. The molecule has 0 aliphatic carbocycles. The number of pyridine rings is 1. The van der Waals surface area contributed by atoms with Gasteiger partial charge in [0.15, 0.2) is 0 Å². The topological polar surface area (TPSA) is 22.1 Å². The number of rotatable bonds is 3. The number of benzene rings is 1. The van der Waals surface area contributed by atoms with Crippen molar-refractivity contribution < 1.29 is 4.74 Å². The lowest BCUT2D eigenvalue weighted by Crippen LogP contribution is -2.06. The van der Waals surface area contributed by atoms with E-state index in [-0.39, 0.29) is 6.10 Å². The van der Waals surface area contributed by atoms with Crippen molar-refractivity contribution in [3.63, 3.8) is 0 Å². The summed E-state index contributed by atoms with van der Waals surface area (Å²) in [6, 6.07) is 14.7. The van der Waals surface area contributed by atoms with Crippen molar-refractivity contribution in [2.24, 2.45) is 0 Å². The average molecular weight is 212 g/mol. The molecule has 0 atom stereocenters. The Bertz CT molecular complexity index is 451. The minimum absolute atomic E-state index is 0.157. The first-order chi connectivity index (χ1) is 7.77. The molecule has 0 bridgehead atoms. The van der Waals surface area contributed by atoms with Gasteiger partial charge in [-0.15, -0.1) is 0 Å². The Morgan fingerprint density at radius 3 is 2.69 bits per heavy atom. The van der Waals surface area contributed by atoms with Crippen molar-refractivity contribution in [1.29, 1.82) is 0 Å². The molecular formula is C14H14NO. The number of para-hydroxylation sites is 1. The fourth-order valence-corrected chi connectivity index (χ4v) is 1.49. The summed E-state index contributed by atoms with van der Waals surface area (Å²) in [5, 5.41) is 0. The van der Waals surface area contributed by atoms with Crippen molar-refractivity contribution in [1.82, 2.24) is 4.98 Å². The van der Waals surface area contributed by atoms with Gasteiger partial charge in [0.05, 0.1) is 11.8 Å². The van der Waals surface area contributed by atoms with E-state index in [0.717, 1.165) is 17.0 Å². The van der Waals surface area contributed by atoms with Crippen LogP contribution in [0.3, 0.4) is 0 Å². The molecule has 0 fully saturated rings. The van der Waals surface area contributed by atoms with Gasteiger partial charge in [-0.25, -0.2) is 0 Å². The van der Waals surface area contributed by atoms with E-state index in [4.69, 9.17) is 4.74 Å². The first-order valence-electron chi connectivity index (χ1n) is 5.36. The molecule has 1 aromatic heterocycles. The zero-order valence-corrected chi connectivity index (χ0v) is 9.47. The first-order valence-corrected chi connectivity index (χ1v) is 5.36. The van der Waals surface area contributed by atoms with Gasteiger partial charge >= 0.3 is 0 Å². The summed E-state index contributed by atoms with van der Waals surface area (Å²) in [5.41, 5.74) is 1.80. The van der Waals surface area contributed by atoms with Crippen molar-refractivity contribution in [2.45, 2.75) is 20.0 Å². The molecule has 0 amide bonds. The third-order valence-corrected chi connectivity index (χ3v) is 2.11. The normalized spacial score (nSPS) is 10.4. The second-order valence-corrected chi connectivity index (χ2v) is 3.79. The average Bonchev–Trinajstić information content (AvgIpc) is 2.30. The highest BCUT2D eigenvalue weighted by atomic mass is 16.5. The summed E-state index contributed by atoms with van der Waals surface area (Å²) in [6.07, 6.45) is 1.92. The van der Waals surface area contributed by atoms with Crippen LogP contribution in [0.2, 0.25) is 0 Å².